The number of likely N-dealkylation sites (tertiary alicyclic amines) is 1. The van der Waals surface area contributed by atoms with Gasteiger partial charge in [0.2, 0.25) is 5.91 Å². The van der Waals surface area contributed by atoms with Crippen molar-refractivity contribution in [1.29, 1.82) is 0 Å². The van der Waals surface area contributed by atoms with Crippen molar-refractivity contribution < 1.29 is 15.0 Å². The molecule has 0 bridgehead atoms. The van der Waals surface area contributed by atoms with E-state index in [4.69, 9.17) is 0 Å². The quantitative estimate of drug-likeness (QED) is 0.730. The minimum Gasteiger partial charge on any atom is -0.508 e. The highest BCUT2D eigenvalue weighted by Gasteiger charge is 2.23. The lowest BCUT2D eigenvalue weighted by Gasteiger charge is -2.31. The van der Waals surface area contributed by atoms with Gasteiger partial charge in [-0.2, -0.15) is 0 Å². The molecule has 0 aliphatic carbocycles. The second-order valence-corrected chi connectivity index (χ2v) is 8.37. The number of phenolic OH excluding ortho intramolecular Hbond substituents is 1. The number of aromatic hydroxyl groups is 1. The van der Waals surface area contributed by atoms with Gasteiger partial charge in [0.25, 0.3) is 0 Å². The molecule has 0 aromatic heterocycles. The predicted molar refractivity (Wildman–Crippen MR) is 117 cm³/mol. The minimum atomic E-state index is -1.11. The first kappa shape index (κ1) is 21.1. The Hall–Kier alpha value is -2.59. The molecule has 0 unspecified atom stereocenters. The number of phenols is 1. The molecule has 1 fully saturated rings. The maximum Gasteiger partial charge on any atom is 0.246 e. The molecule has 0 saturated carbocycles. The topological polar surface area (TPSA) is 60.8 Å². The molecule has 2 N–H and O–H groups in total. The van der Waals surface area contributed by atoms with Gasteiger partial charge < -0.3 is 15.1 Å². The van der Waals surface area contributed by atoms with Gasteiger partial charge >= 0.3 is 0 Å². The van der Waals surface area contributed by atoms with E-state index in [0.717, 1.165) is 37.9 Å². The van der Waals surface area contributed by atoms with Crippen LogP contribution in [-0.2, 0) is 16.8 Å². The number of amides is 1. The minimum absolute atomic E-state index is 0.00295. The highest BCUT2D eigenvalue weighted by atomic mass is 16.3. The summed E-state index contributed by atoms with van der Waals surface area (Å²) in [5.41, 5.74) is 2.84. The first-order valence-electron chi connectivity index (χ1n) is 10.4. The lowest BCUT2D eigenvalue weighted by Crippen LogP contribution is -2.36. The molecule has 2 aromatic carbocycles. The van der Waals surface area contributed by atoms with Crippen LogP contribution >= 0.6 is 0 Å². The normalized spacial score (nSPS) is 15.8. The number of aryl methyl sites for hydroxylation is 1. The van der Waals surface area contributed by atoms with Gasteiger partial charge in [-0.05, 0) is 67.9 Å². The van der Waals surface area contributed by atoms with Crippen molar-refractivity contribution in [2.45, 2.75) is 51.6 Å². The highest BCUT2D eigenvalue weighted by Crippen LogP contribution is 2.30. The molecule has 0 atom stereocenters. The molecule has 0 radical (unpaired) electrons. The van der Waals surface area contributed by atoms with E-state index in [2.05, 4.69) is 31.2 Å². The first-order chi connectivity index (χ1) is 13.8. The molecule has 1 aliphatic heterocycles. The predicted octanol–water partition coefficient (Wildman–Crippen LogP) is 4.60. The fraction of sp³-hybridized carbons (Fsp3) is 0.400. The zero-order chi connectivity index (χ0) is 21.0. The molecular formula is C25H31NO3. The monoisotopic (exact) mass is 393 g/mol. The van der Waals surface area contributed by atoms with Gasteiger partial charge in [-0.25, -0.2) is 0 Å². The summed E-state index contributed by atoms with van der Waals surface area (Å²) < 4.78 is 0. The van der Waals surface area contributed by atoms with Crippen molar-refractivity contribution in [3.8, 4) is 5.75 Å². The van der Waals surface area contributed by atoms with Crippen LogP contribution in [0.25, 0.3) is 6.08 Å². The zero-order valence-corrected chi connectivity index (χ0v) is 17.6. The standard InChI is InChI=1S/C25H31NO3/c1-4-18-6-5-7-21(16-18)20-12-14-26(15-13-20)24(28)11-9-19-8-10-22(23(27)17-19)25(2,3)29/h5-11,16-17,20,27,29H,4,12-15H2,1-3H3/b11-9+. The van der Waals surface area contributed by atoms with Crippen LogP contribution in [0.3, 0.4) is 0 Å². The van der Waals surface area contributed by atoms with Crippen molar-refractivity contribution in [3.05, 3.63) is 70.8 Å². The second-order valence-electron chi connectivity index (χ2n) is 8.37. The molecule has 3 rings (SSSR count). The van der Waals surface area contributed by atoms with Crippen molar-refractivity contribution in [1.82, 2.24) is 4.90 Å². The number of nitrogens with zero attached hydrogens (tertiary/aromatic N) is 1. The van der Waals surface area contributed by atoms with Crippen LogP contribution < -0.4 is 0 Å². The van der Waals surface area contributed by atoms with E-state index >= 15 is 0 Å². The molecule has 1 amide bonds. The fourth-order valence-electron chi connectivity index (χ4n) is 3.94. The number of hydrogen-bond acceptors (Lipinski definition) is 3. The molecule has 2 aromatic rings. The van der Waals surface area contributed by atoms with E-state index in [1.54, 1.807) is 44.2 Å². The van der Waals surface area contributed by atoms with E-state index in [9.17, 15) is 15.0 Å². The van der Waals surface area contributed by atoms with Crippen molar-refractivity contribution >= 4 is 12.0 Å². The van der Waals surface area contributed by atoms with E-state index in [-0.39, 0.29) is 11.7 Å². The van der Waals surface area contributed by atoms with Crippen LogP contribution in [0.15, 0.2) is 48.5 Å². The average Bonchev–Trinajstić information content (AvgIpc) is 2.71. The number of hydrogen-bond donors (Lipinski definition) is 2. The summed E-state index contributed by atoms with van der Waals surface area (Å²) in [4.78, 5) is 14.5. The molecule has 1 heterocycles. The summed E-state index contributed by atoms with van der Waals surface area (Å²) in [7, 11) is 0. The summed E-state index contributed by atoms with van der Waals surface area (Å²) in [6, 6.07) is 13.9. The first-order valence-corrected chi connectivity index (χ1v) is 10.4. The molecule has 29 heavy (non-hydrogen) atoms. The van der Waals surface area contributed by atoms with E-state index in [1.807, 2.05) is 4.90 Å². The van der Waals surface area contributed by atoms with Gasteiger partial charge in [0.1, 0.15) is 5.75 Å². The van der Waals surface area contributed by atoms with Crippen LogP contribution in [0.4, 0.5) is 0 Å². The van der Waals surface area contributed by atoms with Crippen LogP contribution in [0.5, 0.6) is 5.75 Å². The summed E-state index contributed by atoms with van der Waals surface area (Å²) in [5, 5.41) is 20.2. The molecule has 0 spiro atoms. The molecule has 1 saturated heterocycles. The number of aliphatic hydroxyl groups is 1. The Morgan fingerprint density at radius 1 is 1.17 bits per heavy atom. The van der Waals surface area contributed by atoms with Gasteiger partial charge in [0.15, 0.2) is 0 Å². The van der Waals surface area contributed by atoms with E-state index in [0.29, 0.717) is 11.5 Å². The smallest absolute Gasteiger partial charge is 0.246 e. The van der Waals surface area contributed by atoms with Gasteiger partial charge in [0, 0.05) is 24.7 Å². The van der Waals surface area contributed by atoms with Gasteiger partial charge in [-0.1, -0.05) is 43.3 Å². The summed E-state index contributed by atoms with van der Waals surface area (Å²) >= 11 is 0. The second kappa shape index (κ2) is 8.83. The maximum absolute atomic E-state index is 12.6. The number of benzene rings is 2. The number of rotatable bonds is 5. The number of carbonyl (C=O) groups excluding carboxylic acids is 1. The number of piperidine rings is 1. The summed E-state index contributed by atoms with van der Waals surface area (Å²) in [5.74, 6) is 0.542. The SMILES string of the molecule is CCc1cccc(C2CCN(C(=O)/C=C/c3ccc(C(C)(C)O)c(O)c3)CC2)c1. The maximum atomic E-state index is 12.6. The van der Waals surface area contributed by atoms with Gasteiger partial charge in [-0.15, -0.1) is 0 Å². The summed E-state index contributed by atoms with van der Waals surface area (Å²) in [6.45, 7) is 6.94. The Morgan fingerprint density at radius 3 is 2.52 bits per heavy atom. The Balaban J connectivity index is 1.59. The third-order valence-corrected chi connectivity index (χ3v) is 5.74. The van der Waals surface area contributed by atoms with Crippen molar-refractivity contribution in [2.75, 3.05) is 13.1 Å². The Kier molecular flexibility index (Phi) is 6.43. The van der Waals surface area contributed by atoms with Gasteiger partial charge in [-0.3, -0.25) is 4.79 Å². The highest BCUT2D eigenvalue weighted by molar-refractivity contribution is 5.91. The third kappa shape index (κ3) is 5.27. The lowest BCUT2D eigenvalue weighted by molar-refractivity contribution is -0.126. The van der Waals surface area contributed by atoms with E-state index in [1.165, 1.54) is 11.1 Å². The third-order valence-electron chi connectivity index (χ3n) is 5.74. The van der Waals surface area contributed by atoms with Gasteiger partial charge in [0.05, 0.1) is 5.60 Å². The van der Waals surface area contributed by atoms with Crippen LogP contribution in [0.2, 0.25) is 0 Å². The van der Waals surface area contributed by atoms with Crippen molar-refractivity contribution in [3.63, 3.8) is 0 Å². The van der Waals surface area contributed by atoms with Crippen molar-refractivity contribution in [2.24, 2.45) is 0 Å². The number of carbonyl (C=O) groups is 1. The molecule has 4 nitrogen and oxygen atoms in total. The molecule has 1 aliphatic rings. The Bertz CT molecular complexity index is 887. The molecule has 154 valence electrons. The Labute approximate surface area is 173 Å². The fourth-order valence-corrected chi connectivity index (χ4v) is 3.94. The average molecular weight is 394 g/mol. The van der Waals surface area contributed by atoms with Crippen LogP contribution in [0.1, 0.15) is 61.8 Å². The van der Waals surface area contributed by atoms with E-state index < -0.39 is 5.60 Å². The lowest BCUT2D eigenvalue weighted by atomic mass is 9.88. The molecular weight excluding hydrogens is 362 g/mol. The Morgan fingerprint density at radius 2 is 1.90 bits per heavy atom. The van der Waals surface area contributed by atoms with Crippen LogP contribution in [-0.4, -0.2) is 34.1 Å². The molecule has 4 heteroatoms. The van der Waals surface area contributed by atoms with Crippen LogP contribution in [0, 0.1) is 0 Å². The zero-order valence-electron chi connectivity index (χ0n) is 17.6. The summed E-state index contributed by atoms with van der Waals surface area (Å²) in [6.07, 6.45) is 6.29. The largest absolute Gasteiger partial charge is 0.508 e.